The molecule has 0 amide bonds. The molecule has 1 unspecified atom stereocenters. The Morgan fingerprint density at radius 2 is 1.69 bits per heavy atom. The molecule has 0 aliphatic carbocycles. The van der Waals surface area contributed by atoms with Crippen LogP contribution in [-0.2, 0) is 0 Å². The summed E-state index contributed by atoms with van der Waals surface area (Å²) in [7, 11) is 0. The fraction of sp³-hybridized carbons (Fsp3) is 0.462. The molecule has 0 saturated heterocycles. The molecule has 0 aliphatic heterocycles. The molecule has 0 aliphatic rings. The fourth-order valence-corrected chi connectivity index (χ4v) is 1.57. The first kappa shape index (κ1) is 12.8. The highest BCUT2D eigenvalue weighted by Gasteiger charge is 2.17. The highest BCUT2D eigenvalue weighted by Crippen LogP contribution is 2.35. The minimum atomic E-state index is -0.524. The third-order valence-corrected chi connectivity index (χ3v) is 2.22. The van der Waals surface area contributed by atoms with Crippen molar-refractivity contribution in [3.8, 4) is 11.5 Å². The first-order valence-electron chi connectivity index (χ1n) is 5.52. The minimum absolute atomic E-state index is 0.454. The third kappa shape index (κ3) is 2.87. The Morgan fingerprint density at radius 1 is 1.19 bits per heavy atom. The molecule has 1 atom stereocenters. The Morgan fingerprint density at radius 3 is 2.06 bits per heavy atom. The Balaban J connectivity index is 3.11. The maximum Gasteiger partial charge on any atom is 0.126 e. The van der Waals surface area contributed by atoms with E-state index in [0.29, 0.717) is 30.3 Å². The summed E-state index contributed by atoms with van der Waals surface area (Å²) in [4.78, 5) is 0. The Hall–Kier alpha value is -1.25. The van der Waals surface area contributed by atoms with Crippen LogP contribution in [0, 0.1) is 6.92 Å². The summed E-state index contributed by atoms with van der Waals surface area (Å²) < 4.78 is 23.7. The molecule has 0 spiro atoms. The van der Waals surface area contributed by atoms with Gasteiger partial charge in [-0.3, -0.25) is 4.39 Å². The number of benzene rings is 1. The van der Waals surface area contributed by atoms with Crippen LogP contribution >= 0.6 is 0 Å². The fourth-order valence-electron chi connectivity index (χ4n) is 1.57. The van der Waals surface area contributed by atoms with Gasteiger partial charge in [-0.05, 0) is 32.9 Å². The van der Waals surface area contributed by atoms with Gasteiger partial charge in [-0.1, -0.05) is 6.07 Å². The lowest BCUT2D eigenvalue weighted by atomic mass is 10.00. The Labute approximate surface area is 96.4 Å². The second-order valence-corrected chi connectivity index (χ2v) is 3.39. The van der Waals surface area contributed by atoms with Crippen LogP contribution in [0.5, 0.6) is 11.5 Å². The van der Waals surface area contributed by atoms with E-state index in [0.717, 1.165) is 0 Å². The summed E-state index contributed by atoms with van der Waals surface area (Å²) in [5, 5.41) is 0. The first-order valence-corrected chi connectivity index (χ1v) is 5.52. The number of alkyl halides is 1. The molecule has 0 aromatic heterocycles. The smallest absolute Gasteiger partial charge is 0.126 e. The van der Waals surface area contributed by atoms with E-state index in [1.807, 2.05) is 32.0 Å². The van der Waals surface area contributed by atoms with E-state index in [9.17, 15) is 4.39 Å². The molecule has 1 rings (SSSR count). The van der Waals surface area contributed by atoms with E-state index in [2.05, 4.69) is 6.92 Å². The highest BCUT2D eigenvalue weighted by molar-refractivity contribution is 5.47. The summed E-state index contributed by atoms with van der Waals surface area (Å²) in [5.41, 5.74) is 0.716. The second-order valence-electron chi connectivity index (χ2n) is 3.39. The van der Waals surface area contributed by atoms with Crippen LogP contribution in [0.1, 0.15) is 25.3 Å². The predicted octanol–water partition coefficient (Wildman–Crippen LogP) is 3.37. The van der Waals surface area contributed by atoms with E-state index in [4.69, 9.17) is 9.47 Å². The van der Waals surface area contributed by atoms with Crippen molar-refractivity contribution in [3.05, 3.63) is 30.7 Å². The normalized spacial score (nSPS) is 12.2. The number of rotatable bonds is 6. The van der Waals surface area contributed by atoms with Crippen molar-refractivity contribution < 1.29 is 13.9 Å². The van der Waals surface area contributed by atoms with Crippen LogP contribution in [0.15, 0.2) is 18.2 Å². The van der Waals surface area contributed by atoms with E-state index in [1.165, 1.54) is 0 Å². The van der Waals surface area contributed by atoms with Crippen molar-refractivity contribution in [1.82, 2.24) is 0 Å². The van der Waals surface area contributed by atoms with Gasteiger partial charge in [0.2, 0.25) is 0 Å². The molecule has 1 aromatic rings. The van der Waals surface area contributed by atoms with Gasteiger partial charge in [-0.2, -0.15) is 0 Å². The van der Waals surface area contributed by atoms with Crippen LogP contribution in [0.2, 0.25) is 0 Å². The van der Waals surface area contributed by atoms with Crippen molar-refractivity contribution in [2.75, 3.05) is 19.9 Å². The van der Waals surface area contributed by atoms with Gasteiger partial charge in [-0.15, -0.1) is 0 Å². The molecule has 0 saturated carbocycles. The van der Waals surface area contributed by atoms with E-state index < -0.39 is 12.6 Å². The maximum absolute atomic E-state index is 12.7. The molecule has 3 heteroatoms. The number of hydrogen-bond donors (Lipinski definition) is 0. The van der Waals surface area contributed by atoms with Crippen molar-refractivity contribution in [3.63, 3.8) is 0 Å². The van der Waals surface area contributed by atoms with Crippen molar-refractivity contribution in [2.45, 2.75) is 19.8 Å². The van der Waals surface area contributed by atoms with Crippen LogP contribution in [0.4, 0.5) is 4.39 Å². The summed E-state index contributed by atoms with van der Waals surface area (Å²) in [6.07, 6.45) is 0. The standard InChI is InChI=1S/C13H18FO2/c1-4-15-11-7-6-8-12(16-5-2)13(11)10(3)9-14/h6-8,10H,3-5,9H2,1-2H3. The zero-order valence-electron chi connectivity index (χ0n) is 9.83. The Kier molecular flexibility index (Phi) is 5.09. The third-order valence-electron chi connectivity index (χ3n) is 2.22. The second kappa shape index (κ2) is 6.36. The molecular formula is C13H18FO2. The molecule has 0 heterocycles. The average Bonchev–Trinajstić information content (AvgIpc) is 2.29. The van der Waals surface area contributed by atoms with Crippen LogP contribution < -0.4 is 9.47 Å². The largest absolute Gasteiger partial charge is 0.493 e. The lowest BCUT2D eigenvalue weighted by Crippen LogP contribution is -2.06. The maximum atomic E-state index is 12.7. The van der Waals surface area contributed by atoms with Gasteiger partial charge in [-0.25, -0.2) is 0 Å². The summed E-state index contributed by atoms with van der Waals surface area (Å²) >= 11 is 0. The molecule has 0 N–H and O–H groups in total. The Bertz CT molecular complexity index is 301. The predicted molar refractivity (Wildman–Crippen MR) is 62.9 cm³/mol. The summed E-state index contributed by atoms with van der Waals surface area (Å²) in [6.45, 7) is 8.13. The average molecular weight is 225 g/mol. The highest BCUT2D eigenvalue weighted by atomic mass is 19.1. The van der Waals surface area contributed by atoms with Crippen molar-refractivity contribution in [1.29, 1.82) is 0 Å². The van der Waals surface area contributed by atoms with Gasteiger partial charge in [0.15, 0.2) is 0 Å². The lowest BCUT2D eigenvalue weighted by molar-refractivity contribution is 0.310. The molecule has 0 fully saturated rings. The zero-order chi connectivity index (χ0) is 12.0. The van der Waals surface area contributed by atoms with Gasteiger partial charge >= 0.3 is 0 Å². The van der Waals surface area contributed by atoms with Gasteiger partial charge in [0.25, 0.3) is 0 Å². The molecule has 89 valence electrons. The van der Waals surface area contributed by atoms with Crippen LogP contribution in [-0.4, -0.2) is 19.9 Å². The number of ether oxygens (including phenoxy) is 2. The zero-order valence-corrected chi connectivity index (χ0v) is 9.83. The van der Waals surface area contributed by atoms with Crippen molar-refractivity contribution in [2.24, 2.45) is 0 Å². The van der Waals surface area contributed by atoms with Gasteiger partial charge in [0.05, 0.1) is 19.9 Å². The van der Waals surface area contributed by atoms with Gasteiger partial charge in [0, 0.05) is 11.5 Å². The van der Waals surface area contributed by atoms with E-state index in [1.54, 1.807) is 0 Å². The quantitative estimate of drug-likeness (QED) is 0.739. The van der Waals surface area contributed by atoms with Crippen molar-refractivity contribution >= 4 is 0 Å². The lowest BCUT2D eigenvalue weighted by Gasteiger charge is -2.18. The van der Waals surface area contributed by atoms with Crippen LogP contribution in [0.3, 0.4) is 0 Å². The molecule has 16 heavy (non-hydrogen) atoms. The minimum Gasteiger partial charge on any atom is -0.493 e. The van der Waals surface area contributed by atoms with E-state index >= 15 is 0 Å². The molecule has 0 bridgehead atoms. The molecular weight excluding hydrogens is 207 g/mol. The topological polar surface area (TPSA) is 18.5 Å². The monoisotopic (exact) mass is 225 g/mol. The summed E-state index contributed by atoms with van der Waals surface area (Å²) in [5.74, 6) is 0.863. The molecule has 1 aromatic carbocycles. The van der Waals surface area contributed by atoms with Gasteiger partial charge in [0.1, 0.15) is 11.5 Å². The van der Waals surface area contributed by atoms with Crippen LogP contribution in [0.25, 0.3) is 0 Å². The molecule has 2 nitrogen and oxygen atoms in total. The first-order chi connectivity index (χ1) is 7.74. The number of halogens is 1. The van der Waals surface area contributed by atoms with Gasteiger partial charge < -0.3 is 9.47 Å². The SMILES string of the molecule is [CH2]C(CF)c1c(OCC)cccc1OCC. The van der Waals surface area contributed by atoms with E-state index in [-0.39, 0.29) is 0 Å². The number of hydrogen-bond acceptors (Lipinski definition) is 2. The molecule has 1 radical (unpaired) electrons. The summed E-state index contributed by atoms with van der Waals surface area (Å²) in [6, 6.07) is 5.47.